The van der Waals surface area contributed by atoms with Crippen LogP contribution in [0.2, 0.25) is 0 Å². The normalized spacial score (nSPS) is 17.4. The number of aliphatic hydroxyl groups excluding tert-OH is 1. The van der Waals surface area contributed by atoms with Gasteiger partial charge < -0.3 is 14.9 Å². The third-order valence-electron chi connectivity index (χ3n) is 5.87. The molecular weight excluding hydrogens is 419 g/mol. The third-order valence-corrected chi connectivity index (χ3v) is 5.87. The van der Waals surface area contributed by atoms with E-state index in [9.17, 15) is 19.1 Å². The predicted molar refractivity (Wildman–Crippen MR) is 126 cm³/mol. The molecular formula is C27H25FN2O3. The van der Waals surface area contributed by atoms with Crippen molar-refractivity contribution in [1.82, 2.24) is 4.90 Å². The monoisotopic (exact) mass is 444 g/mol. The number of aliphatic hydroxyl groups is 1. The van der Waals surface area contributed by atoms with Crippen molar-refractivity contribution in [1.29, 1.82) is 0 Å². The highest BCUT2D eigenvalue weighted by atomic mass is 19.1. The molecule has 1 atom stereocenters. The number of anilines is 1. The van der Waals surface area contributed by atoms with E-state index in [0.29, 0.717) is 13.0 Å². The first kappa shape index (κ1) is 22.3. The number of benzene rings is 3. The van der Waals surface area contributed by atoms with Gasteiger partial charge in [-0.2, -0.15) is 0 Å². The minimum Gasteiger partial charge on any atom is -0.507 e. The fourth-order valence-corrected chi connectivity index (χ4v) is 4.07. The van der Waals surface area contributed by atoms with Crippen LogP contribution in [-0.4, -0.2) is 42.3 Å². The Bertz CT molecular complexity index is 1190. The Hall–Kier alpha value is -3.93. The van der Waals surface area contributed by atoms with Crippen LogP contribution < -0.4 is 4.90 Å². The van der Waals surface area contributed by atoms with Gasteiger partial charge in [0, 0.05) is 31.9 Å². The Balaban J connectivity index is 1.78. The van der Waals surface area contributed by atoms with Crippen molar-refractivity contribution in [2.45, 2.75) is 12.5 Å². The van der Waals surface area contributed by atoms with Gasteiger partial charge in [-0.05, 0) is 53.9 Å². The predicted octanol–water partition coefficient (Wildman–Crippen LogP) is 4.56. The summed E-state index contributed by atoms with van der Waals surface area (Å²) in [5.74, 6) is -2.16. The van der Waals surface area contributed by atoms with E-state index >= 15 is 0 Å². The van der Waals surface area contributed by atoms with Gasteiger partial charge in [0.15, 0.2) is 0 Å². The molecule has 3 aromatic carbocycles. The van der Waals surface area contributed by atoms with E-state index in [4.69, 9.17) is 0 Å². The summed E-state index contributed by atoms with van der Waals surface area (Å²) < 4.78 is 13.4. The van der Waals surface area contributed by atoms with E-state index in [2.05, 4.69) is 0 Å². The molecule has 0 bridgehead atoms. The van der Waals surface area contributed by atoms with Crippen LogP contribution in [0.25, 0.3) is 5.76 Å². The van der Waals surface area contributed by atoms with Gasteiger partial charge in [-0.3, -0.25) is 9.59 Å². The quantitative estimate of drug-likeness (QED) is 0.344. The second-order valence-corrected chi connectivity index (χ2v) is 8.22. The summed E-state index contributed by atoms with van der Waals surface area (Å²) >= 11 is 0. The Morgan fingerprint density at radius 2 is 1.58 bits per heavy atom. The smallest absolute Gasteiger partial charge is 0.295 e. The van der Waals surface area contributed by atoms with Crippen LogP contribution >= 0.6 is 0 Å². The summed E-state index contributed by atoms with van der Waals surface area (Å²) in [6.07, 6.45) is 0.566. The maximum absolute atomic E-state index is 13.4. The summed E-state index contributed by atoms with van der Waals surface area (Å²) in [7, 11) is 3.85. The molecule has 1 amide bonds. The van der Waals surface area contributed by atoms with E-state index in [0.717, 1.165) is 16.8 Å². The zero-order valence-electron chi connectivity index (χ0n) is 18.5. The number of Topliss-reactive ketones (excluding diaryl/α,β-unsaturated/α-hetero) is 1. The fourth-order valence-electron chi connectivity index (χ4n) is 4.07. The SMILES string of the molecule is CN(C)c1ccc(C2/C(=C(\O)c3ccc(F)cc3)C(=O)C(=O)N2CCc2ccccc2)cc1. The molecule has 1 N–H and O–H groups in total. The summed E-state index contributed by atoms with van der Waals surface area (Å²) in [6, 6.07) is 21.7. The molecule has 0 saturated carbocycles. The van der Waals surface area contributed by atoms with Crippen molar-refractivity contribution in [3.05, 3.63) is 107 Å². The van der Waals surface area contributed by atoms with Crippen LogP contribution in [0, 0.1) is 5.82 Å². The Morgan fingerprint density at radius 3 is 2.18 bits per heavy atom. The highest BCUT2D eigenvalue weighted by Crippen LogP contribution is 2.39. The Morgan fingerprint density at radius 1 is 0.939 bits per heavy atom. The Labute approximate surface area is 192 Å². The van der Waals surface area contributed by atoms with Crippen LogP contribution in [-0.2, 0) is 16.0 Å². The molecule has 168 valence electrons. The lowest BCUT2D eigenvalue weighted by Gasteiger charge is -2.26. The maximum Gasteiger partial charge on any atom is 0.295 e. The van der Waals surface area contributed by atoms with Crippen molar-refractivity contribution < 1.29 is 19.1 Å². The highest BCUT2D eigenvalue weighted by Gasteiger charge is 2.45. The van der Waals surface area contributed by atoms with Gasteiger partial charge >= 0.3 is 0 Å². The number of hydrogen-bond donors (Lipinski definition) is 1. The van der Waals surface area contributed by atoms with Crippen molar-refractivity contribution in [3.63, 3.8) is 0 Å². The standard InChI is InChI=1S/C27H25FN2O3/c1-29(2)22-14-10-19(11-15-22)24-23(25(31)20-8-12-21(28)13-9-20)26(32)27(33)30(24)17-16-18-6-4-3-5-7-18/h3-15,24,31H,16-17H2,1-2H3/b25-23+. The van der Waals surface area contributed by atoms with Crippen LogP contribution in [0.5, 0.6) is 0 Å². The molecule has 1 aliphatic heterocycles. The van der Waals surface area contributed by atoms with Gasteiger partial charge in [0.1, 0.15) is 11.6 Å². The second kappa shape index (κ2) is 9.28. The lowest BCUT2D eigenvalue weighted by atomic mass is 9.95. The number of carbonyl (C=O) groups is 2. The second-order valence-electron chi connectivity index (χ2n) is 8.22. The number of amides is 1. The van der Waals surface area contributed by atoms with Crippen LogP contribution in [0.15, 0.2) is 84.4 Å². The first-order chi connectivity index (χ1) is 15.9. The minimum absolute atomic E-state index is 0.0114. The molecule has 0 spiro atoms. The number of carbonyl (C=O) groups excluding carboxylic acids is 2. The molecule has 1 heterocycles. The molecule has 0 aliphatic carbocycles. The van der Waals surface area contributed by atoms with Crippen molar-refractivity contribution >= 4 is 23.1 Å². The summed E-state index contributed by atoms with van der Waals surface area (Å²) in [5, 5.41) is 11.0. The molecule has 5 nitrogen and oxygen atoms in total. The average Bonchev–Trinajstić information content (AvgIpc) is 3.08. The van der Waals surface area contributed by atoms with E-state index < -0.39 is 23.5 Å². The van der Waals surface area contributed by atoms with Gasteiger partial charge in [-0.15, -0.1) is 0 Å². The van der Waals surface area contributed by atoms with E-state index in [1.807, 2.05) is 73.6 Å². The molecule has 3 aromatic rings. The molecule has 33 heavy (non-hydrogen) atoms. The van der Waals surface area contributed by atoms with Crippen LogP contribution in [0.3, 0.4) is 0 Å². The van der Waals surface area contributed by atoms with Crippen molar-refractivity contribution in [2.24, 2.45) is 0 Å². The summed E-state index contributed by atoms with van der Waals surface area (Å²) in [5.41, 5.74) is 3.03. The summed E-state index contributed by atoms with van der Waals surface area (Å²) in [6.45, 7) is 0.314. The zero-order chi connectivity index (χ0) is 23.5. The highest BCUT2D eigenvalue weighted by molar-refractivity contribution is 6.46. The topological polar surface area (TPSA) is 60.9 Å². The van der Waals surface area contributed by atoms with Crippen molar-refractivity contribution in [3.8, 4) is 0 Å². The number of rotatable bonds is 6. The molecule has 1 fully saturated rings. The number of nitrogens with zero attached hydrogens (tertiary/aromatic N) is 2. The summed E-state index contributed by atoms with van der Waals surface area (Å²) in [4.78, 5) is 29.6. The van der Waals surface area contributed by atoms with Crippen LogP contribution in [0.4, 0.5) is 10.1 Å². The van der Waals surface area contributed by atoms with Gasteiger partial charge in [0.25, 0.3) is 11.7 Å². The first-order valence-corrected chi connectivity index (χ1v) is 10.7. The third kappa shape index (κ3) is 4.51. The molecule has 0 radical (unpaired) electrons. The zero-order valence-corrected chi connectivity index (χ0v) is 18.5. The van der Waals surface area contributed by atoms with Gasteiger partial charge in [0.2, 0.25) is 0 Å². The lowest BCUT2D eigenvalue weighted by molar-refractivity contribution is -0.139. The molecule has 1 unspecified atom stereocenters. The van der Waals surface area contributed by atoms with E-state index in [1.165, 1.54) is 29.2 Å². The Kier molecular flexibility index (Phi) is 6.27. The number of halogens is 1. The van der Waals surface area contributed by atoms with E-state index in [-0.39, 0.29) is 16.9 Å². The minimum atomic E-state index is -0.744. The van der Waals surface area contributed by atoms with Gasteiger partial charge in [0.05, 0.1) is 11.6 Å². The van der Waals surface area contributed by atoms with Crippen LogP contribution in [0.1, 0.15) is 22.7 Å². The average molecular weight is 445 g/mol. The van der Waals surface area contributed by atoms with Gasteiger partial charge in [-0.25, -0.2) is 4.39 Å². The fraction of sp³-hybridized carbons (Fsp3) is 0.185. The number of hydrogen-bond acceptors (Lipinski definition) is 4. The molecule has 4 rings (SSSR count). The lowest BCUT2D eigenvalue weighted by Crippen LogP contribution is -2.31. The molecule has 1 saturated heterocycles. The number of likely N-dealkylation sites (tertiary alicyclic amines) is 1. The van der Waals surface area contributed by atoms with Gasteiger partial charge in [-0.1, -0.05) is 42.5 Å². The molecule has 1 aliphatic rings. The van der Waals surface area contributed by atoms with E-state index in [1.54, 1.807) is 0 Å². The number of ketones is 1. The van der Waals surface area contributed by atoms with Crippen molar-refractivity contribution in [2.75, 3.05) is 25.5 Å². The molecule has 6 heteroatoms. The first-order valence-electron chi connectivity index (χ1n) is 10.7. The maximum atomic E-state index is 13.4. The molecule has 0 aromatic heterocycles. The largest absolute Gasteiger partial charge is 0.507 e.